The molecule has 0 spiro atoms. The van der Waals surface area contributed by atoms with E-state index in [-0.39, 0.29) is 23.8 Å². The Morgan fingerprint density at radius 1 is 1.29 bits per heavy atom. The van der Waals surface area contributed by atoms with Crippen molar-refractivity contribution in [1.29, 1.82) is 0 Å². The van der Waals surface area contributed by atoms with E-state index in [0.717, 1.165) is 16.5 Å². The number of anilines is 1. The summed E-state index contributed by atoms with van der Waals surface area (Å²) in [6, 6.07) is 7.52. The molecule has 0 radical (unpaired) electrons. The lowest BCUT2D eigenvalue weighted by Crippen LogP contribution is -2.40. The van der Waals surface area contributed by atoms with E-state index < -0.39 is 0 Å². The van der Waals surface area contributed by atoms with Crippen molar-refractivity contribution in [2.45, 2.75) is 6.92 Å². The van der Waals surface area contributed by atoms with E-state index in [1.54, 1.807) is 12.3 Å². The smallest absolute Gasteiger partial charge is 0.198 e. The number of benzene rings is 1. The number of halogens is 1. The molecule has 3 aromatic rings. The predicted molar refractivity (Wildman–Crippen MR) is 109 cm³/mol. The number of fused-ring (bicyclic) bond motifs is 1. The molecule has 2 aromatic heterocycles. The first kappa shape index (κ1) is 18.7. The molecule has 0 saturated carbocycles. The molecule has 0 aliphatic carbocycles. The second-order valence-corrected chi connectivity index (χ2v) is 7.14. The summed E-state index contributed by atoms with van der Waals surface area (Å²) in [5.74, 6) is -0.00485. The topological polar surface area (TPSA) is 94.2 Å². The van der Waals surface area contributed by atoms with Gasteiger partial charge in [-0.2, -0.15) is 0 Å². The zero-order valence-corrected chi connectivity index (χ0v) is 16.2. The Morgan fingerprint density at radius 3 is 2.86 bits per heavy atom. The summed E-state index contributed by atoms with van der Waals surface area (Å²) >= 11 is 6.41. The highest BCUT2D eigenvalue weighted by Crippen LogP contribution is 2.30. The van der Waals surface area contributed by atoms with E-state index >= 15 is 0 Å². The maximum Gasteiger partial charge on any atom is 0.198 e. The summed E-state index contributed by atoms with van der Waals surface area (Å²) in [6.07, 6.45) is 1.70. The summed E-state index contributed by atoms with van der Waals surface area (Å²) in [6.45, 7) is 4.73. The molecule has 8 heteroatoms. The van der Waals surface area contributed by atoms with Crippen LogP contribution < -0.4 is 5.73 Å². The molecule has 1 saturated heterocycles. The van der Waals surface area contributed by atoms with Crippen LogP contribution in [0.1, 0.15) is 16.2 Å². The highest BCUT2D eigenvalue weighted by molar-refractivity contribution is 6.35. The van der Waals surface area contributed by atoms with Crippen LogP contribution in [0.2, 0.25) is 5.02 Å². The van der Waals surface area contributed by atoms with Gasteiger partial charge in [-0.15, -0.1) is 0 Å². The van der Waals surface area contributed by atoms with Gasteiger partial charge in [-0.05, 0) is 25.1 Å². The zero-order valence-electron chi connectivity index (χ0n) is 15.5. The molecular weight excluding hydrogens is 378 g/mol. The lowest BCUT2D eigenvalue weighted by atomic mass is 10.1. The van der Waals surface area contributed by atoms with Crippen LogP contribution in [0.4, 0.5) is 5.82 Å². The summed E-state index contributed by atoms with van der Waals surface area (Å²) in [7, 11) is 0. The fraction of sp³-hybridized carbons (Fsp3) is 0.300. The highest BCUT2D eigenvalue weighted by Gasteiger charge is 2.21. The minimum absolute atomic E-state index is 0.146. The third-order valence-corrected chi connectivity index (χ3v) is 5.05. The summed E-state index contributed by atoms with van der Waals surface area (Å²) in [5.41, 5.74) is 8.93. The Hall–Kier alpha value is -2.61. The number of aryl methyl sites for hydroxylation is 1. The fourth-order valence-corrected chi connectivity index (χ4v) is 3.61. The number of ketones is 1. The van der Waals surface area contributed by atoms with Gasteiger partial charge in [0.25, 0.3) is 0 Å². The van der Waals surface area contributed by atoms with Gasteiger partial charge in [0.15, 0.2) is 17.3 Å². The Kier molecular flexibility index (Phi) is 5.21. The monoisotopic (exact) mass is 397 g/mol. The van der Waals surface area contributed by atoms with Gasteiger partial charge in [-0.3, -0.25) is 14.7 Å². The van der Waals surface area contributed by atoms with Crippen LogP contribution in [0.5, 0.6) is 0 Å². The molecule has 0 amide bonds. The number of rotatable bonds is 4. The number of nitrogens with two attached hydrogens (primary N) is 1. The second-order valence-electron chi connectivity index (χ2n) is 6.74. The van der Waals surface area contributed by atoms with Crippen molar-refractivity contribution in [1.82, 2.24) is 19.9 Å². The van der Waals surface area contributed by atoms with Crippen molar-refractivity contribution in [2.24, 2.45) is 0 Å². The second kappa shape index (κ2) is 7.79. The number of aromatic nitrogens is 3. The number of ether oxygens (including phenoxy) is 1. The first-order valence-electron chi connectivity index (χ1n) is 9.05. The maximum atomic E-state index is 12.8. The molecule has 1 fully saturated rings. The summed E-state index contributed by atoms with van der Waals surface area (Å²) in [4.78, 5) is 28.1. The van der Waals surface area contributed by atoms with Crippen LogP contribution >= 0.6 is 11.6 Å². The normalized spacial score (nSPS) is 15.1. The van der Waals surface area contributed by atoms with E-state index in [4.69, 9.17) is 22.1 Å². The maximum absolute atomic E-state index is 12.8. The Morgan fingerprint density at radius 2 is 2.07 bits per heavy atom. The van der Waals surface area contributed by atoms with E-state index in [1.807, 2.05) is 30.0 Å². The van der Waals surface area contributed by atoms with Gasteiger partial charge >= 0.3 is 0 Å². The molecule has 0 bridgehead atoms. The summed E-state index contributed by atoms with van der Waals surface area (Å²) < 4.78 is 5.33. The molecule has 1 aromatic carbocycles. The number of Topliss-reactive ketones (excluding diaryl/α,β-unsaturated/α-hetero) is 1. The summed E-state index contributed by atoms with van der Waals surface area (Å²) in [5, 5.41) is 1.41. The average Bonchev–Trinajstić information content (AvgIpc) is 2.68. The van der Waals surface area contributed by atoms with E-state index in [0.29, 0.717) is 42.7 Å². The lowest BCUT2D eigenvalue weighted by Gasteiger charge is -2.25. The SMILES string of the molecule is Cc1nc(N)c(C(=O)CN2CCOCC2)nc1-c1cc(Cl)c2ncccc2c1. The van der Waals surface area contributed by atoms with Crippen LogP contribution in [-0.4, -0.2) is 58.5 Å². The minimum atomic E-state index is -0.151. The van der Waals surface area contributed by atoms with Gasteiger partial charge in [0.1, 0.15) is 0 Å². The average molecular weight is 398 g/mol. The van der Waals surface area contributed by atoms with Crippen molar-refractivity contribution in [2.75, 3.05) is 38.6 Å². The van der Waals surface area contributed by atoms with E-state index in [1.165, 1.54) is 0 Å². The number of morpholine rings is 1. The molecule has 2 N–H and O–H groups in total. The van der Waals surface area contributed by atoms with Crippen LogP contribution in [0, 0.1) is 6.92 Å². The number of pyridine rings is 1. The zero-order chi connectivity index (χ0) is 19.7. The largest absolute Gasteiger partial charge is 0.382 e. The van der Waals surface area contributed by atoms with Crippen molar-refractivity contribution in [3.8, 4) is 11.3 Å². The van der Waals surface area contributed by atoms with Crippen LogP contribution in [0.3, 0.4) is 0 Å². The van der Waals surface area contributed by atoms with Crippen LogP contribution in [0.25, 0.3) is 22.2 Å². The van der Waals surface area contributed by atoms with Gasteiger partial charge in [-0.1, -0.05) is 17.7 Å². The van der Waals surface area contributed by atoms with Gasteiger partial charge in [0, 0.05) is 30.2 Å². The van der Waals surface area contributed by atoms with Gasteiger partial charge < -0.3 is 10.5 Å². The minimum Gasteiger partial charge on any atom is -0.382 e. The van der Waals surface area contributed by atoms with Crippen molar-refractivity contribution < 1.29 is 9.53 Å². The number of carbonyl (C=O) groups is 1. The number of nitrogen functional groups attached to an aromatic ring is 1. The Labute approximate surface area is 167 Å². The number of hydrogen-bond donors (Lipinski definition) is 1. The third kappa shape index (κ3) is 3.69. The molecule has 1 aliphatic rings. The molecular formula is C20H20ClN5O2. The molecule has 3 heterocycles. The fourth-order valence-electron chi connectivity index (χ4n) is 3.34. The highest BCUT2D eigenvalue weighted by atomic mass is 35.5. The van der Waals surface area contributed by atoms with Crippen LogP contribution in [0.15, 0.2) is 30.5 Å². The van der Waals surface area contributed by atoms with E-state index in [9.17, 15) is 4.79 Å². The number of hydrogen-bond acceptors (Lipinski definition) is 7. The first-order valence-corrected chi connectivity index (χ1v) is 9.43. The van der Waals surface area contributed by atoms with Crippen molar-refractivity contribution >= 4 is 34.1 Å². The standard InChI is InChI=1S/C20H20ClN5O2/c1-12-17(14-9-13-3-2-4-23-18(13)15(21)10-14)25-19(20(22)24-12)16(27)11-26-5-7-28-8-6-26/h2-4,9-10H,5-8,11H2,1H3,(H2,22,24). The molecule has 1 aliphatic heterocycles. The quantitative estimate of drug-likeness (QED) is 0.676. The first-order chi connectivity index (χ1) is 13.5. The van der Waals surface area contributed by atoms with Crippen molar-refractivity contribution in [3.05, 3.63) is 46.9 Å². The Bertz CT molecular complexity index is 1050. The molecule has 144 valence electrons. The van der Waals surface area contributed by atoms with Crippen molar-refractivity contribution in [3.63, 3.8) is 0 Å². The van der Waals surface area contributed by atoms with Crippen LogP contribution in [-0.2, 0) is 4.74 Å². The van der Waals surface area contributed by atoms with Gasteiger partial charge in [-0.25, -0.2) is 9.97 Å². The Balaban J connectivity index is 1.72. The molecule has 7 nitrogen and oxygen atoms in total. The van der Waals surface area contributed by atoms with Gasteiger partial charge in [0.05, 0.1) is 41.7 Å². The third-order valence-electron chi connectivity index (χ3n) is 4.76. The predicted octanol–water partition coefficient (Wildman–Crippen LogP) is 2.75. The number of carbonyl (C=O) groups excluding carboxylic acids is 1. The molecule has 0 unspecified atom stereocenters. The molecule has 4 rings (SSSR count). The lowest BCUT2D eigenvalue weighted by molar-refractivity contribution is 0.0370. The van der Waals surface area contributed by atoms with E-state index in [2.05, 4.69) is 15.0 Å². The molecule has 28 heavy (non-hydrogen) atoms. The number of nitrogens with zero attached hydrogens (tertiary/aromatic N) is 4. The molecule has 0 atom stereocenters. The van der Waals surface area contributed by atoms with Gasteiger partial charge in [0.2, 0.25) is 0 Å².